The molecule has 1 aromatic carbocycles. The van der Waals surface area contributed by atoms with Gasteiger partial charge in [0.1, 0.15) is 11.6 Å². The van der Waals surface area contributed by atoms with E-state index in [9.17, 15) is 4.79 Å². The first kappa shape index (κ1) is 22.6. The van der Waals surface area contributed by atoms with E-state index >= 15 is 0 Å². The minimum Gasteiger partial charge on any atom is -0.467 e. The van der Waals surface area contributed by atoms with Crippen molar-refractivity contribution >= 4 is 23.4 Å². The summed E-state index contributed by atoms with van der Waals surface area (Å²) < 4.78 is 7.49. The van der Waals surface area contributed by atoms with E-state index in [1.807, 2.05) is 48.7 Å². The number of rotatable bonds is 9. The molecule has 0 atom stereocenters. The number of thioether (sulfide) groups is 1. The molecule has 0 saturated carbocycles. The molecule has 0 aliphatic rings. The number of nitriles is 1. The van der Waals surface area contributed by atoms with Crippen molar-refractivity contribution in [2.75, 3.05) is 17.2 Å². The van der Waals surface area contributed by atoms with Crippen molar-refractivity contribution in [1.82, 2.24) is 14.8 Å². The lowest BCUT2D eigenvalue weighted by atomic mass is 10.1. The lowest BCUT2D eigenvalue weighted by Crippen LogP contribution is -2.33. The van der Waals surface area contributed by atoms with Gasteiger partial charge >= 0.3 is 0 Å². The quantitative estimate of drug-likeness (QED) is 0.451. The average Bonchev–Trinajstić information content (AvgIpc) is 3.39. The van der Waals surface area contributed by atoms with Gasteiger partial charge in [-0.2, -0.15) is 5.26 Å². The van der Waals surface area contributed by atoms with Gasteiger partial charge in [0.05, 0.1) is 31.1 Å². The van der Waals surface area contributed by atoms with Gasteiger partial charge in [0.2, 0.25) is 5.91 Å². The number of anilines is 1. The van der Waals surface area contributed by atoms with Crippen LogP contribution in [-0.4, -0.2) is 33.0 Å². The minimum atomic E-state index is -0.0675. The predicted molar refractivity (Wildman–Crippen MR) is 121 cm³/mol. The van der Waals surface area contributed by atoms with Crippen LogP contribution in [0.3, 0.4) is 0 Å². The van der Waals surface area contributed by atoms with Gasteiger partial charge in [-0.15, -0.1) is 10.2 Å². The summed E-state index contributed by atoms with van der Waals surface area (Å²) in [6.07, 6.45) is 1.91. The molecule has 0 radical (unpaired) electrons. The second-order valence-electron chi connectivity index (χ2n) is 7.67. The number of furan rings is 1. The number of carbonyl (C=O) groups is 1. The molecule has 0 aliphatic carbocycles. The number of hydrogen-bond acceptors (Lipinski definition) is 6. The van der Waals surface area contributed by atoms with Gasteiger partial charge in [-0.25, -0.2) is 0 Å². The van der Waals surface area contributed by atoms with Crippen LogP contribution in [0.5, 0.6) is 0 Å². The molecule has 8 heteroatoms. The summed E-state index contributed by atoms with van der Waals surface area (Å²) in [7, 11) is 0. The summed E-state index contributed by atoms with van der Waals surface area (Å²) in [5.41, 5.74) is 3.08. The molecule has 0 spiro atoms. The van der Waals surface area contributed by atoms with Gasteiger partial charge in [0, 0.05) is 18.2 Å². The van der Waals surface area contributed by atoms with E-state index in [1.54, 1.807) is 11.2 Å². The summed E-state index contributed by atoms with van der Waals surface area (Å²) >= 11 is 1.35. The monoisotopic (exact) mass is 437 g/mol. The fourth-order valence-electron chi connectivity index (χ4n) is 3.20. The molecule has 0 bridgehead atoms. The highest BCUT2D eigenvalue weighted by Crippen LogP contribution is 2.25. The third-order valence-electron chi connectivity index (χ3n) is 5.03. The van der Waals surface area contributed by atoms with E-state index in [4.69, 9.17) is 9.68 Å². The fraction of sp³-hybridized carbons (Fsp3) is 0.391. The lowest BCUT2D eigenvalue weighted by Gasteiger charge is -2.22. The Morgan fingerprint density at radius 1 is 1.26 bits per heavy atom. The highest BCUT2D eigenvalue weighted by atomic mass is 32.2. The second-order valence-corrected chi connectivity index (χ2v) is 8.61. The molecule has 0 unspecified atom stereocenters. The number of hydrogen-bond donors (Lipinski definition) is 0. The fourth-order valence-corrected chi connectivity index (χ4v) is 4.02. The molecule has 3 rings (SSSR count). The van der Waals surface area contributed by atoms with E-state index in [0.29, 0.717) is 18.2 Å². The topological polar surface area (TPSA) is 88.0 Å². The van der Waals surface area contributed by atoms with E-state index in [2.05, 4.69) is 30.1 Å². The summed E-state index contributed by atoms with van der Waals surface area (Å²) in [5, 5.41) is 18.4. The first-order chi connectivity index (χ1) is 14.9. The SMILES string of the molecule is Cc1ccc(N(CCC#N)C(=O)CSc2nnc(C(C)C)n2Cc2ccco2)cc1C. The van der Waals surface area contributed by atoms with Gasteiger partial charge in [-0.3, -0.25) is 9.36 Å². The molecule has 2 heterocycles. The molecule has 31 heavy (non-hydrogen) atoms. The summed E-state index contributed by atoms with van der Waals surface area (Å²) in [5.74, 6) is 1.98. The molecule has 0 saturated heterocycles. The third-order valence-corrected chi connectivity index (χ3v) is 5.98. The second kappa shape index (κ2) is 10.3. The average molecular weight is 438 g/mol. The number of aryl methyl sites for hydroxylation is 2. The number of aromatic nitrogens is 3. The van der Waals surface area contributed by atoms with Crippen LogP contribution in [-0.2, 0) is 11.3 Å². The maximum atomic E-state index is 13.1. The van der Waals surface area contributed by atoms with Crippen molar-refractivity contribution < 1.29 is 9.21 Å². The van der Waals surface area contributed by atoms with Gasteiger partial charge < -0.3 is 9.32 Å². The Bertz CT molecular complexity index is 1070. The van der Waals surface area contributed by atoms with Gasteiger partial charge in [-0.1, -0.05) is 31.7 Å². The molecule has 2 aromatic heterocycles. The largest absolute Gasteiger partial charge is 0.467 e. The molecular weight excluding hydrogens is 410 g/mol. The molecule has 0 fully saturated rings. The van der Waals surface area contributed by atoms with E-state index in [1.165, 1.54) is 11.8 Å². The number of amides is 1. The third kappa shape index (κ3) is 5.56. The van der Waals surface area contributed by atoms with Crippen molar-refractivity contribution in [2.24, 2.45) is 0 Å². The number of carbonyl (C=O) groups excluding carboxylic acids is 1. The highest BCUT2D eigenvalue weighted by molar-refractivity contribution is 7.99. The lowest BCUT2D eigenvalue weighted by molar-refractivity contribution is -0.116. The molecule has 0 N–H and O–H groups in total. The molecule has 3 aromatic rings. The van der Waals surface area contributed by atoms with Crippen LogP contribution in [0, 0.1) is 25.2 Å². The van der Waals surface area contributed by atoms with Crippen molar-refractivity contribution in [1.29, 1.82) is 5.26 Å². The molecule has 0 aliphatic heterocycles. The smallest absolute Gasteiger partial charge is 0.237 e. The van der Waals surface area contributed by atoms with Crippen molar-refractivity contribution in [3.8, 4) is 6.07 Å². The van der Waals surface area contributed by atoms with Crippen LogP contribution in [0.2, 0.25) is 0 Å². The highest BCUT2D eigenvalue weighted by Gasteiger charge is 2.21. The maximum absolute atomic E-state index is 13.1. The normalized spacial score (nSPS) is 11.0. The van der Waals surface area contributed by atoms with E-state index < -0.39 is 0 Å². The number of benzene rings is 1. The Labute approximate surface area is 187 Å². The molecule has 162 valence electrons. The first-order valence-electron chi connectivity index (χ1n) is 10.2. The predicted octanol–water partition coefficient (Wildman–Crippen LogP) is 4.70. The van der Waals surface area contributed by atoms with E-state index in [0.717, 1.165) is 28.4 Å². The maximum Gasteiger partial charge on any atom is 0.237 e. The van der Waals surface area contributed by atoms with Crippen molar-refractivity contribution in [3.05, 3.63) is 59.3 Å². The zero-order chi connectivity index (χ0) is 22.4. The van der Waals surface area contributed by atoms with Crippen LogP contribution in [0.15, 0.2) is 46.2 Å². The molecule has 1 amide bonds. The zero-order valence-electron chi connectivity index (χ0n) is 18.3. The van der Waals surface area contributed by atoms with Gasteiger partial charge in [0.15, 0.2) is 5.16 Å². The van der Waals surface area contributed by atoms with E-state index in [-0.39, 0.29) is 24.0 Å². The van der Waals surface area contributed by atoms with Gasteiger partial charge in [-0.05, 0) is 49.2 Å². The standard InChI is InChI=1S/C23H27N5O2S/c1-16(2)22-25-26-23(28(22)14-20-7-5-12-30-20)31-15-21(29)27(11-6-10-24)19-9-8-17(3)18(4)13-19/h5,7-9,12-13,16H,6,11,14-15H2,1-4H3. The summed E-state index contributed by atoms with van der Waals surface area (Å²) in [4.78, 5) is 14.8. The van der Waals surface area contributed by atoms with Crippen molar-refractivity contribution in [3.63, 3.8) is 0 Å². The van der Waals surface area contributed by atoms with Crippen LogP contribution >= 0.6 is 11.8 Å². The zero-order valence-corrected chi connectivity index (χ0v) is 19.1. The van der Waals surface area contributed by atoms with Crippen LogP contribution in [0.25, 0.3) is 0 Å². The Hall–Kier alpha value is -3.05. The first-order valence-corrected chi connectivity index (χ1v) is 11.2. The van der Waals surface area contributed by atoms with Gasteiger partial charge in [0.25, 0.3) is 0 Å². The summed E-state index contributed by atoms with van der Waals surface area (Å²) in [6.45, 7) is 9.05. The number of nitrogens with zero attached hydrogens (tertiary/aromatic N) is 5. The Kier molecular flexibility index (Phi) is 7.53. The van der Waals surface area contributed by atoms with Crippen molar-refractivity contribution in [2.45, 2.75) is 51.7 Å². The minimum absolute atomic E-state index is 0.0675. The summed E-state index contributed by atoms with van der Waals surface area (Å²) in [6, 6.07) is 11.8. The van der Waals surface area contributed by atoms with Crippen LogP contribution in [0.4, 0.5) is 5.69 Å². The molecule has 7 nitrogen and oxygen atoms in total. The Morgan fingerprint density at radius 2 is 2.06 bits per heavy atom. The Morgan fingerprint density at radius 3 is 2.71 bits per heavy atom. The van der Waals surface area contributed by atoms with Crippen LogP contribution < -0.4 is 4.90 Å². The Balaban J connectivity index is 1.78. The van der Waals surface area contributed by atoms with Crippen LogP contribution in [0.1, 0.15) is 48.9 Å². The molecular formula is C23H27N5O2S.